The fourth-order valence-electron chi connectivity index (χ4n) is 0.374. The Bertz CT molecular complexity index is 224. The third-order valence-electron chi connectivity index (χ3n) is 1.04. The van der Waals surface area contributed by atoms with E-state index in [0.29, 0.717) is 0 Å². The van der Waals surface area contributed by atoms with E-state index in [2.05, 4.69) is 15.3 Å². The molecule has 0 saturated carbocycles. The van der Waals surface area contributed by atoms with Gasteiger partial charge < -0.3 is 5.32 Å². The zero-order valence-electron chi connectivity index (χ0n) is 9.53. The first kappa shape index (κ1) is 15.0. The summed E-state index contributed by atoms with van der Waals surface area (Å²) in [5, 5.41) is 2.39. The van der Waals surface area contributed by atoms with Crippen LogP contribution in [0.5, 0.6) is 0 Å². The van der Waals surface area contributed by atoms with Gasteiger partial charge in [-0.3, -0.25) is 14.8 Å². The van der Waals surface area contributed by atoms with Gasteiger partial charge in [-0.1, -0.05) is 13.8 Å². The van der Waals surface area contributed by atoms with Gasteiger partial charge in [0.2, 0.25) is 5.91 Å². The van der Waals surface area contributed by atoms with E-state index >= 15 is 0 Å². The number of nitrogens with one attached hydrogen (secondary N) is 1. The van der Waals surface area contributed by atoms with E-state index < -0.39 is 0 Å². The maximum absolute atomic E-state index is 9.70. The van der Waals surface area contributed by atoms with E-state index in [-0.39, 0.29) is 5.91 Å². The number of nitrogens with zero attached hydrogens (tertiary/aromatic N) is 2. The molecule has 4 heteroatoms. The minimum Gasteiger partial charge on any atom is -0.359 e. The van der Waals surface area contributed by atoms with E-state index in [4.69, 9.17) is 0 Å². The van der Waals surface area contributed by atoms with Gasteiger partial charge in [0.05, 0.1) is 5.69 Å². The average molecular weight is 197 g/mol. The van der Waals surface area contributed by atoms with Crippen LogP contribution < -0.4 is 5.32 Å². The van der Waals surface area contributed by atoms with Crippen molar-refractivity contribution in [2.75, 3.05) is 7.05 Å². The second-order valence-electron chi connectivity index (χ2n) is 2.15. The minimum atomic E-state index is 0.00463. The van der Waals surface area contributed by atoms with E-state index in [1.165, 1.54) is 6.92 Å². The Balaban J connectivity index is 0. The molecule has 0 saturated heterocycles. The summed E-state index contributed by atoms with van der Waals surface area (Å²) in [4.78, 5) is 17.4. The van der Waals surface area contributed by atoms with Crippen LogP contribution in [0, 0.1) is 6.92 Å². The van der Waals surface area contributed by atoms with Gasteiger partial charge in [-0.05, 0) is 6.92 Å². The van der Waals surface area contributed by atoms with Crippen molar-refractivity contribution in [2.45, 2.75) is 27.7 Å². The van der Waals surface area contributed by atoms with Crippen molar-refractivity contribution in [3.05, 3.63) is 24.3 Å². The second-order valence-corrected chi connectivity index (χ2v) is 2.15. The highest BCUT2D eigenvalue weighted by Crippen LogP contribution is 1.81. The van der Waals surface area contributed by atoms with Crippen LogP contribution in [0.2, 0.25) is 0 Å². The summed E-state index contributed by atoms with van der Waals surface area (Å²) in [5.74, 6) is 0.00463. The molecule has 0 aliphatic rings. The Labute approximate surface area is 85.8 Å². The van der Waals surface area contributed by atoms with Gasteiger partial charge >= 0.3 is 0 Å². The molecule has 0 unspecified atom stereocenters. The molecule has 0 bridgehead atoms. The Hall–Kier alpha value is -1.45. The maximum atomic E-state index is 9.70. The molecule has 0 aromatic carbocycles. The molecule has 0 spiro atoms. The van der Waals surface area contributed by atoms with Crippen LogP contribution in [-0.2, 0) is 4.79 Å². The van der Waals surface area contributed by atoms with Crippen molar-refractivity contribution in [3.8, 4) is 0 Å². The molecule has 1 aromatic rings. The van der Waals surface area contributed by atoms with Crippen LogP contribution in [-0.4, -0.2) is 22.9 Å². The highest BCUT2D eigenvalue weighted by atomic mass is 16.1. The maximum Gasteiger partial charge on any atom is 0.216 e. The van der Waals surface area contributed by atoms with Crippen LogP contribution in [0.15, 0.2) is 18.6 Å². The largest absolute Gasteiger partial charge is 0.359 e. The first-order chi connectivity index (χ1) is 6.66. The molecule has 1 N–H and O–H groups in total. The van der Waals surface area contributed by atoms with Crippen molar-refractivity contribution in [1.82, 2.24) is 15.3 Å². The van der Waals surface area contributed by atoms with Gasteiger partial charge in [-0.25, -0.2) is 0 Å². The molecular weight excluding hydrogens is 178 g/mol. The molecule has 1 amide bonds. The van der Waals surface area contributed by atoms with Crippen LogP contribution in [0.4, 0.5) is 0 Å². The summed E-state index contributed by atoms with van der Waals surface area (Å²) < 4.78 is 0. The molecule has 1 aromatic heterocycles. The smallest absolute Gasteiger partial charge is 0.216 e. The summed E-state index contributed by atoms with van der Waals surface area (Å²) >= 11 is 0. The number of aryl methyl sites for hydroxylation is 1. The average Bonchev–Trinajstić information content (AvgIpc) is 2.23. The molecule has 0 radical (unpaired) electrons. The molecular formula is C10H19N3O. The Morgan fingerprint density at radius 3 is 2.00 bits per heavy atom. The molecule has 1 rings (SSSR count). The third kappa shape index (κ3) is 13.2. The predicted molar refractivity (Wildman–Crippen MR) is 57.9 cm³/mol. The SMILES string of the molecule is CC.CNC(C)=O.Cc1cnccn1. The fourth-order valence-corrected chi connectivity index (χ4v) is 0.374. The summed E-state index contributed by atoms with van der Waals surface area (Å²) in [6.45, 7) is 7.38. The van der Waals surface area contributed by atoms with Gasteiger partial charge in [0.15, 0.2) is 0 Å². The summed E-state index contributed by atoms with van der Waals surface area (Å²) in [5.41, 5.74) is 0.961. The van der Waals surface area contributed by atoms with Gasteiger partial charge in [-0.15, -0.1) is 0 Å². The first-order valence-electron chi connectivity index (χ1n) is 4.57. The van der Waals surface area contributed by atoms with E-state index in [0.717, 1.165) is 5.69 Å². The van der Waals surface area contributed by atoms with Gasteiger partial charge in [0, 0.05) is 32.6 Å². The van der Waals surface area contributed by atoms with E-state index in [9.17, 15) is 4.79 Å². The molecule has 4 nitrogen and oxygen atoms in total. The highest BCUT2D eigenvalue weighted by molar-refractivity contribution is 5.72. The summed E-state index contributed by atoms with van der Waals surface area (Å²) in [6, 6.07) is 0. The molecule has 80 valence electrons. The molecule has 14 heavy (non-hydrogen) atoms. The first-order valence-corrected chi connectivity index (χ1v) is 4.57. The zero-order valence-corrected chi connectivity index (χ0v) is 9.53. The van der Waals surface area contributed by atoms with Gasteiger partial charge in [0.25, 0.3) is 0 Å². The molecule has 1 heterocycles. The number of amides is 1. The van der Waals surface area contributed by atoms with Crippen molar-refractivity contribution in [2.24, 2.45) is 0 Å². The number of hydrogen-bond donors (Lipinski definition) is 1. The predicted octanol–water partition coefficient (Wildman–Crippen LogP) is 1.56. The van der Waals surface area contributed by atoms with E-state index in [1.807, 2.05) is 20.8 Å². The lowest BCUT2D eigenvalue weighted by Crippen LogP contribution is -2.11. The Morgan fingerprint density at radius 1 is 1.36 bits per heavy atom. The van der Waals surface area contributed by atoms with Crippen LogP contribution in [0.3, 0.4) is 0 Å². The lowest BCUT2D eigenvalue weighted by molar-refractivity contribution is -0.118. The highest BCUT2D eigenvalue weighted by Gasteiger charge is 1.74. The van der Waals surface area contributed by atoms with Crippen molar-refractivity contribution >= 4 is 5.91 Å². The molecule has 0 aliphatic heterocycles. The quantitative estimate of drug-likeness (QED) is 0.686. The number of aromatic nitrogens is 2. The second kappa shape index (κ2) is 11.6. The number of carbonyl (C=O) groups excluding carboxylic acids is 1. The summed E-state index contributed by atoms with van der Waals surface area (Å²) in [7, 11) is 1.60. The van der Waals surface area contributed by atoms with Crippen LogP contribution in [0.25, 0.3) is 0 Å². The molecule has 0 aliphatic carbocycles. The van der Waals surface area contributed by atoms with Crippen LogP contribution >= 0.6 is 0 Å². The molecule has 0 fully saturated rings. The topological polar surface area (TPSA) is 54.9 Å². The number of hydrogen-bond acceptors (Lipinski definition) is 3. The van der Waals surface area contributed by atoms with Gasteiger partial charge in [-0.2, -0.15) is 0 Å². The minimum absolute atomic E-state index is 0.00463. The Morgan fingerprint density at radius 2 is 1.86 bits per heavy atom. The zero-order chi connectivity index (χ0) is 11.4. The van der Waals surface area contributed by atoms with Gasteiger partial charge in [0.1, 0.15) is 0 Å². The summed E-state index contributed by atoms with van der Waals surface area (Å²) in [6.07, 6.45) is 5.06. The van der Waals surface area contributed by atoms with Crippen LogP contribution in [0.1, 0.15) is 26.5 Å². The third-order valence-corrected chi connectivity index (χ3v) is 1.04. The lowest BCUT2D eigenvalue weighted by atomic mass is 10.5. The number of rotatable bonds is 0. The van der Waals surface area contributed by atoms with Crippen molar-refractivity contribution < 1.29 is 4.79 Å². The Kier molecular flexibility index (Phi) is 12.4. The lowest BCUT2D eigenvalue weighted by Gasteiger charge is -1.81. The van der Waals surface area contributed by atoms with Crippen molar-refractivity contribution in [1.29, 1.82) is 0 Å². The fraction of sp³-hybridized carbons (Fsp3) is 0.500. The van der Waals surface area contributed by atoms with E-state index in [1.54, 1.807) is 25.6 Å². The standard InChI is InChI=1S/C5H6N2.C3H7NO.C2H6/c1-5-4-6-2-3-7-5;1-3(5)4-2;1-2/h2-4H,1H3;1-2H3,(H,4,5);1-2H3. The monoisotopic (exact) mass is 197 g/mol. The number of carbonyl (C=O) groups is 1. The normalized spacial score (nSPS) is 7.21. The molecule has 0 atom stereocenters. The van der Waals surface area contributed by atoms with Crippen molar-refractivity contribution in [3.63, 3.8) is 0 Å².